The maximum Gasteiger partial charge on any atom is 0.265 e. The third kappa shape index (κ3) is 2.71. The number of fused-ring (bicyclic) bond motifs is 1. The molecule has 4 rings (SSSR count). The monoisotopic (exact) mass is 351 g/mol. The van der Waals surface area contributed by atoms with Gasteiger partial charge in [-0.1, -0.05) is 0 Å². The Morgan fingerprint density at radius 3 is 2.85 bits per heavy atom. The summed E-state index contributed by atoms with van der Waals surface area (Å²) in [5.41, 5.74) is 1.52. The number of carbonyl (C=O) groups excluding carboxylic acids is 2. The second-order valence-corrected chi connectivity index (χ2v) is 6.01. The Kier molecular flexibility index (Phi) is 3.72. The van der Waals surface area contributed by atoms with Crippen LogP contribution in [0.25, 0.3) is 5.82 Å². The summed E-state index contributed by atoms with van der Waals surface area (Å²) in [5.74, 6) is 0.724. The van der Waals surface area contributed by atoms with E-state index in [9.17, 15) is 9.59 Å². The highest BCUT2D eigenvalue weighted by molar-refractivity contribution is 6.07. The molecule has 3 heterocycles. The van der Waals surface area contributed by atoms with Crippen molar-refractivity contribution in [3.05, 3.63) is 54.5 Å². The molecule has 1 aliphatic heterocycles. The Labute approximate surface area is 149 Å². The van der Waals surface area contributed by atoms with Crippen LogP contribution in [0.1, 0.15) is 17.3 Å². The van der Waals surface area contributed by atoms with Gasteiger partial charge in [-0.15, -0.1) is 0 Å². The summed E-state index contributed by atoms with van der Waals surface area (Å²) in [7, 11) is 1.78. The van der Waals surface area contributed by atoms with Crippen LogP contribution in [0.15, 0.2) is 48.9 Å². The standard InChI is InChI=1S/C18H17N5O3/c1-11-16(24)21-14-9-12(5-6-15(14)26-11)20-17(25)13-10-19-22(2)18(13)23-7-3-4-8-23/h3-11H,1-2H3,(H,20,25)(H,21,24). The Hall–Kier alpha value is -3.55. The number of rotatable bonds is 3. The third-order valence-corrected chi connectivity index (χ3v) is 4.17. The van der Waals surface area contributed by atoms with Gasteiger partial charge in [0.25, 0.3) is 11.8 Å². The number of aryl methyl sites for hydroxylation is 1. The molecule has 3 aromatic rings. The highest BCUT2D eigenvalue weighted by Crippen LogP contribution is 2.32. The lowest BCUT2D eigenvalue weighted by Gasteiger charge is -2.23. The Bertz CT molecular complexity index is 990. The molecular weight excluding hydrogens is 334 g/mol. The first kappa shape index (κ1) is 15.9. The summed E-state index contributed by atoms with van der Waals surface area (Å²) in [6, 6.07) is 8.87. The highest BCUT2D eigenvalue weighted by atomic mass is 16.5. The highest BCUT2D eigenvalue weighted by Gasteiger charge is 2.24. The fourth-order valence-corrected chi connectivity index (χ4v) is 2.86. The van der Waals surface area contributed by atoms with Crippen LogP contribution >= 0.6 is 0 Å². The quantitative estimate of drug-likeness (QED) is 0.757. The average Bonchev–Trinajstić information content (AvgIpc) is 3.25. The SMILES string of the molecule is CC1Oc2ccc(NC(=O)c3cnn(C)c3-n3cccc3)cc2NC1=O. The lowest BCUT2D eigenvalue weighted by atomic mass is 10.2. The molecule has 0 bridgehead atoms. The zero-order valence-corrected chi connectivity index (χ0v) is 14.3. The van der Waals surface area contributed by atoms with E-state index in [1.807, 2.05) is 29.1 Å². The second kappa shape index (κ2) is 6.07. The van der Waals surface area contributed by atoms with Crippen molar-refractivity contribution in [1.82, 2.24) is 14.3 Å². The zero-order valence-electron chi connectivity index (χ0n) is 14.3. The Morgan fingerprint density at radius 2 is 2.08 bits per heavy atom. The summed E-state index contributed by atoms with van der Waals surface area (Å²) in [6.45, 7) is 1.68. The Morgan fingerprint density at radius 1 is 1.31 bits per heavy atom. The molecule has 26 heavy (non-hydrogen) atoms. The van der Waals surface area contributed by atoms with Gasteiger partial charge < -0.3 is 19.9 Å². The van der Waals surface area contributed by atoms with Crippen LogP contribution < -0.4 is 15.4 Å². The number of aromatic nitrogens is 3. The summed E-state index contributed by atoms with van der Waals surface area (Å²) < 4.78 is 8.98. The molecule has 0 fully saturated rings. The molecular formula is C18H17N5O3. The van der Waals surface area contributed by atoms with Gasteiger partial charge in [-0.25, -0.2) is 0 Å². The second-order valence-electron chi connectivity index (χ2n) is 6.01. The lowest BCUT2D eigenvalue weighted by Crippen LogP contribution is -2.34. The van der Waals surface area contributed by atoms with Gasteiger partial charge in [-0.05, 0) is 37.3 Å². The minimum absolute atomic E-state index is 0.219. The van der Waals surface area contributed by atoms with Crippen LogP contribution in [-0.2, 0) is 11.8 Å². The first-order valence-electron chi connectivity index (χ1n) is 8.11. The van der Waals surface area contributed by atoms with Gasteiger partial charge in [0.05, 0.1) is 11.9 Å². The molecule has 1 unspecified atom stereocenters. The molecule has 0 saturated carbocycles. The first-order chi connectivity index (χ1) is 12.5. The van der Waals surface area contributed by atoms with Crippen LogP contribution in [0.4, 0.5) is 11.4 Å². The van der Waals surface area contributed by atoms with Crippen molar-refractivity contribution in [2.24, 2.45) is 7.05 Å². The predicted octanol–water partition coefficient (Wildman–Crippen LogP) is 2.18. The lowest BCUT2D eigenvalue weighted by molar-refractivity contribution is -0.122. The number of hydrogen-bond donors (Lipinski definition) is 2. The van der Waals surface area contributed by atoms with E-state index in [0.717, 1.165) is 0 Å². The molecule has 1 atom stereocenters. The van der Waals surface area contributed by atoms with Crippen molar-refractivity contribution in [3.8, 4) is 11.6 Å². The van der Waals surface area contributed by atoms with Crippen LogP contribution in [0, 0.1) is 0 Å². The number of carbonyl (C=O) groups is 2. The van der Waals surface area contributed by atoms with Crippen LogP contribution in [0.5, 0.6) is 5.75 Å². The summed E-state index contributed by atoms with van der Waals surface area (Å²) >= 11 is 0. The maximum atomic E-state index is 12.7. The van der Waals surface area contributed by atoms with Crippen molar-refractivity contribution in [2.45, 2.75) is 13.0 Å². The van der Waals surface area contributed by atoms with Gasteiger partial charge in [-0.3, -0.25) is 14.3 Å². The maximum absolute atomic E-state index is 12.7. The fraction of sp³-hybridized carbons (Fsp3) is 0.167. The van der Waals surface area contributed by atoms with Gasteiger partial charge in [-0.2, -0.15) is 5.10 Å². The minimum atomic E-state index is -0.539. The molecule has 0 spiro atoms. The van der Waals surface area contributed by atoms with Crippen LogP contribution in [0.2, 0.25) is 0 Å². The van der Waals surface area contributed by atoms with Crippen molar-refractivity contribution in [3.63, 3.8) is 0 Å². The number of amides is 2. The smallest absolute Gasteiger partial charge is 0.265 e. The van der Waals surface area contributed by atoms with Gasteiger partial charge in [0.15, 0.2) is 6.10 Å². The van der Waals surface area contributed by atoms with Gasteiger partial charge in [0.2, 0.25) is 0 Å². The molecule has 1 aliphatic rings. The normalized spacial score (nSPS) is 15.8. The molecule has 2 aromatic heterocycles. The molecule has 8 heteroatoms. The van der Waals surface area contributed by atoms with Crippen molar-refractivity contribution >= 4 is 23.2 Å². The zero-order chi connectivity index (χ0) is 18.3. The van der Waals surface area contributed by atoms with Crippen molar-refractivity contribution in [2.75, 3.05) is 10.6 Å². The third-order valence-electron chi connectivity index (χ3n) is 4.17. The molecule has 0 radical (unpaired) electrons. The van der Waals surface area contributed by atoms with Gasteiger partial charge in [0.1, 0.15) is 17.1 Å². The van der Waals surface area contributed by atoms with Crippen molar-refractivity contribution in [1.29, 1.82) is 0 Å². The van der Waals surface area contributed by atoms with E-state index >= 15 is 0 Å². The minimum Gasteiger partial charge on any atom is -0.479 e. The van der Waals surface area contributed by atoms with E-state index in [2.05, 4.69) is 15.7 Å². The number of hydrogen-bond acceptors (Lipinski definition) is 4. The molecule has 1 aromatic carbocycles. The van der Waals surface area contributed by atoms with E-state index in [0.29, 0.717) is 28.5 Å². The topological polar surface area (TPSA) is 90.2 Å². The number of benzene rings is 1. The van der Waals surface area contributed by atoms with E-state index in [4.69, 9.17) is 4.74 Å². The summed E-state index contributed by atoms with van der Waals surface area (Å²) in [6.07, 6.45) is 4.68. The molecule has 8 nitrogen and oxygen atoms in total. The van der Waals surface area contributed by atoms with Gasteiger partial charge in [0, 0.05) is 25.1 Å². The number of anilines is 2. The largest absolute Gasteiger partial charge is 0.479 e. The predicted molar refractivity (Wildman–Crippen MR) is 95.6 cm³/mol. The summed E-state index contributed by atoms with van der Waals surface area (Å²) in [5, 5.41) is 9.78. The molecule has 2 N–H and O–H groups in total. The number of nitrogens with zero attached hydrogens (tertiary/aromatic N) is 3. The molecule has 2 amide bonds. The average molecular weight is 351 g/mol. The molecule has 0 saturated heterocycles. The van der Waals surface area contributed by atoms with E-state index < -0.39 is 6.10 Å². The fourth-order valence-electron chi connectivity index (χ4n) is 2.86. The summed E-state index contributed by atoms with van der Waals surface area (Å²) in [4.78, 5) is 24.5. The van der Waals surface area contributed by atoms with Crippen molar-refractivity contribution < 1.29 is 14.3 Å². The van der Waals surface area contributed by atoms with Crippen LogP contribution in [0.3, 0.4) is 0 Å². The molecule has 0 aliphatic carbocycles. The van der Waals surface area contributed by atoms with E-state index in [1.165, 1.54) is 6.20 Å². The molecule has 132 valence electrons. The van der Waals surface area contributed by atoms with E-state index in [-0.39, 0.29) is 11.8 Å². The van der Waals surface area contributed by atoms with E-state index in [1.54, 1.807) is 36.9 Å². The first-order valence-corrected chi connectivity index (χ1v) is 8.11. The number of ether oxygens (including phenoxy) is 1. The number of nitrogens with one attached hydrogen (secondary N) is 2. The van der Waals surface area contributed by atoms with Gasteiger partial charge >= 0.3 is 0 Å². The van der Waals surface area contributed by atoms with Crippen LogP contribution in [-0.4, -0.2) is 32.3 Å². The Balaban J connectivity index is 1.60.